The lowest BCUT2D eigenvalue weighted by atomic mass is 10.1. The van der Waals surface area contributed by atoms with E-state index in [2.05, 4.69) is 16.5 Å². The van der Waals surface area contributed by atoms with Crippen LogP contribution in [0, 0.1) is 0 Å². The second-order valence-corrected chi connectivity index (χ2v) is 5.76. The summed E-state index contributed by atoms with van der Waals surface area (Å²) < 4.78 is 0. The van der Waals surface area contributed by atoms with Crippen molar-refractivity contribution >= 4 is 11.8 Å². The molecule has 0 saturated carbocycles. The van der Waals surface area contributed by atoms with Gasteiger partial charge in [-0.1, -0.05) is 12.1 Å². The number of rotatable bonds is 7. The fourth-order valence-corrected chi connectivity index (χ4v) is 1.83. The van der Waals surface area contributed by atoms with Crippen LogP contribution in [0.15, 0.2) is 24.3 Å². The van der Waals surface area contributed by atoms with Crippen molar-refractivity contribution in [2.24, 2.45) is 17.6 Å². The number of hydrazine groups is 1. The third-order valence-electron chi connectivity index (χ3n) is 3.17. The molecule has 1 aromatic carbocycles. The maximum atomic E-state index is 11.8. The molecule has 6 N–H and O–H groups in total. The average molecular weight is 370 g/mol. The smallest absolute Gasteiger partial charge is 0.285 e. The molecule has 0 atom stereocenters. The summed E-state index contributed by atoms with van der Waals surface area (Å²) >= 11 is 0. The summed E-state index contributed by atoms with van der Waals surface area (Å²) in [6.45, 7) is 2.44. The second kappa shape index (κ2) is 13.3. The number of hydroxylamine groups is 2. The first kappa shape index (κ1) is 24.1. The summed E-state index contributed by atoms with van der Waals surface area (Å²) in [5.41, 5.74) is 0.810. The van der Waals surface area contributed by atoms with Crippen LogP contribution in [-0.2, 0) is 9.68 Å². The quantitative estimate of drug-likeness (QED) is 0.314. The molecular formula is C16H30N6O4. The Hall–Kier alpha value is -1.92. The number of fused-ring (bicyclic) bond motifs is 1. The summed E-state index contributed by atoms with van der Waals surface area (Å²) in [6, 6.07) is 6.72. The van der Waals surface area contributed by atoms with Crippen molar-refractivity contribution in [2.75, 3.05) is 54.5 Å². The highest BCUT2D eigenvalue weighted by molar-refractivity contribution is 6.20. The molecule has 26 heavy (non-hydrogen) atoms. The van der Waals surface area contributed by atoms with Gasteiger partial charge in [0.2, 0.25) is 0 Å². The molecule has 0 aliphatic carbocycles. The first-order valence-corrected chi connectivity index (χ1v) is 7.93. The van der Waals surface area contributed by atoms with Gasteiger partial charge in [-0.05, 0) is 40.3 Å². The van der Waals surface area contributed by atoms with E-state index in [1.165, 1.54) is 0 Å². The van der Waals surface area contributed by atoms with Crippen LogP contribution in [0.2, 0.25) is 0 Å². The van der Waals surface area contributed by atoms with Crippen LogP contribution in [0.25, 0.3) is 0 Å². The van der Waals surface area contributed by atoms with Gasteiger partial charge < -0.3 is 14.6 Å². The summed E-state index contributed by atoms with van der Waals surface area (Å²) in [6.07, 6.45) is 0. The Bertz CT molecular complexity index is 518. The number of likely N-dealkylation sites (N-methyl/N-ethyl adjacent to an activating group) is 2. The molecule has 10 nitrogen and oxygen atoms in total. The lowest BCUT2D eigenvalue weighted by Crippen LogP contribution is -2.32. The van der Waals surface area contributed by atoms with Crippen LogP contribution in [0.1, 0.15) is 20.7 Å². The molecule has 1 aromatic rings. The van der Waals surface area contributed by atoms with Gasteiger partial charge in [0.25, 0.3) is 11.8 Å². The Morgan fingerprint density at radius 2 is 1.31 bits per heavy atom. The zero-order valence-corrected chi connectivity index (χ0v) is 15.8. The molecule has 1 heterocycles. The molecule has 0 fully saturated rings. The van der Waals surface area contributed by atoms with Gasteiger partial charge in [-0.25, -0.2) is 5.90 Å². The highest BCUT2D eigenvalue weighted by atomic mass is 16.7. The van der Waals surface area contributed by atoms with Gasteiger partial charge in [-0.3, -0.25) is 26.1 Å². The van der Waals surface area contributed by atoms with Crippen LogP contribution in [0.5, 0.6) is 0 Å². The summed E-state index contributed by atoms with van der Waals surface area (Å²) in [5, 5.41) is 0.841. The van der Waals surface area contributed by atoms with Crippen molar-refractivity contribution in [2.45, 2.75) is 0 Å². The van der Waals surface area contributed by atoms with Crippen LogP contribution < -0.4 is 17.6 Å². The zero-order valence-electron chi connectivity index (χ0n) is 15.8. The van der Waals surface area contributed by atoms with E-state index < -0.39 is 0 Å². The molecule has 1 aliphatic rings. The van der Waals surface area contributed by atoms with Gasteiger partial charge in [0, 0.05) is 13.1 Å². The minimum atomic E-state index is -0.385. The van der Waals surface area contributed by atoms with Crippen molar-refractivity contribution in [3.63, 3.8) is 0 Å². The van der Waals surface area contributed by atoms with Gasteiger partial charge in [0.05, 0.1) is 24.3 Å². The molecule has 0 saturated heterocycles. The number of carbonyl (C=O) groups is 2. The SMILES string of the molecule is CN(C)CCON.CN(C)CCON1C(=O)c2ccccc2C1=O.NN. The maximum Gasteiger partial charge on any atom is 0.285 e. The standard InChI is InChI=1S/C12H14N2O3.C4H12N2O.H4N2/c1-13(2)7-8-17-14-11(15)9-5-3-4-6-10(9)12(14)16;1-6(2)3-4-7-5;1-2/h3-6H,7-8H2,1-2H3;3-5H2,1-2H3;1-2H2. The van der Waals surface area contributed by atoms with Gasteiger partial charge in [0.1, 0.15) is 0 Å². The zero-order chi connectivity index (χ0) is 20.1. The fourth-order valence-electron chi connectivity index (χ4n) is 1.83. The lowest BCUT2D eigenvalue weighted by molar-refractivity contribution is -0.0938. The minimum Gasteiger partial charge on any atom is -0.307 e. The van der Waals surface area contributed by atoms with Crippen molar-refractivity contribution < 1.29 is 19.3 Å². The molecular weight excluding hydrogens is 340 g/mol. The molecule has 0 bridgehead atoms. The number of hydrogen-bond donors (Lipinski definition) is 3. The first-order chi connectivity index (χ1) is 12.4. The molecule has 0 unspecified atom stereocenters. The van der Waals surface area contributed by atoms with E-state index in [-0.39, 0.29) is 11.8 Å². The van der Waals surface area contributed by atoms with Crippen molar-refractivity contribution in [1.29, 1.82) is 0 Å². The van der Waals surface area contributed by atoms with E-state index in [4.69, 9.17) is 10.7 Å². The largest absolute Gasteiger partial charge is 0.307 e. The Kier molecular flexibility index (Phi) is 12.3. The lowest BCUT2D eigenvalue weighted by Gasteiger charge is -2.15. The van der Waals surface area contributed by atoms with E-state index in [1.807, 2.05) is 38.0 Å². The number of carbonyl (C=O) groups excluding carboxylic acids is 2. The van der Waals surface area contributed by atoms with E-state index in [1.54, 1.807) is 24.3 Å². The molecule has 0 spiro atoms. The normalized spacial score (nSPS) is 12.6. The Morgan fingerprint density at radius 3 is 1.65 bits per heavy atom. The average Bonchev–Trinajstić information content (AvgIpc) is 2.87. The number of imide groups is 1. The van der Waals surface area contributed by atoms with Crippen molar-refractivity contribution in [1.82, 2.24) is 14.9 Å². The molecule has 2 amide bonds. The van der Waals surface area contributed by atoms with Crippen LogP contribution in [0.3, 0.4) is 0 Å². The van der Waals surface area contributed by atoms with E-state index in [0.717, 1.165) is 11.6 Å². The van der Waals surface area contributed by atoms with Gasteiger partial charge in [0.15, 0.2) is 0 Å². The van der Waals surface area contributed by atoms with E-state index in [9.17, 15) is 9.59 Å². The second-order valence-electron chi connectivity index (χ2n) is 5.76. The monoisotopic (exact) mass is 370 g/mol. The molecule has 148 valence electrons. The van der Waals surface area contributed by atoms with Crippen LogP contribution in [0.4, 0.5) is 0 Å². The molecule has 10 heteroatoms. The summed E-state index contributed by atoms with van der Waals surface area (Å²) in [5.74, 6) is 12.0. The van der Waals surface area contributed by atoms with Crippen molar-refractivity contribution in [3.05, 3.63) is 35.4 Å². The van der Waals surface area contributed by atoms with E-state index in [0.29, 0.717) is 30.9 Å². The third-order valence-corrected chi connectivity index (χ3v) is 3.17. The Labute approximate surface area is 154 Å². The topological polar surface area (TPSA) is 140 Å². The van der Waals surface area contributed by atoms with Crippen molar-refractivity contribution in [3.8, 4) is 0 Å². The highest BCUT2D eigenvalue weighted by Crippen LogP contribution is 2.22. The van der Waals surface area contributed by atoms with Crippen LogP contribution >= 0.6 is 0 Å². The predicted octanol–water partition coefficient (Wildman–Crippen LogP) is -0.967. The van der Waals surface area contributed by atoms with E-state index >= 15 is 0 Å². The number of nitrogens with zero attached hydrogens (tertiary/aromatic N) is 3. The van der Waals surface area contributed by atoms with Gasteiger partial charge >= 0.3 is 0 Å². The molecule has 1 aliphatic heterocycles. The first-order valence-electron chi connectivity index (χ1n) is 7.93. The fraction of sp³-hybridized carbons (Fsp3) is 0.500. The molecule has 2 rings (SSSR count). The van der Waals surface area contributed by atoms with Gasteiger partial charge in [-0.15, -0.1) is 5.06 Å². The highest BCUT2D eigenvalue weighted by Gasteiger charge is 2.36. The van der Waals surface area contributed by atoms with Crippen LogP contribution in [-0.4, -0.2) is 81.2 Å². The summed E-state index contributed by atoms with van der Waals surface area (Å²) in [4.78, 5) is 37.1. The predicted molar refractivity (Wildman–Crippen MR) is 98.5 cm³/mol. The summed E-state index contributed by atoms with van der Waals surface area (Å²) in [7, 11) is 7.73. The third kappa shape index (κ3) is 7.97. The van der Waals surface area contributed by atoms with Gasteiger partial charge in [-0.2, -0.15) is 0 Å². The molecule has 0 radical (unpaired) electrons. The number of benzene rings is 1. The number of nitrogens with two attached hydrogens (primary N) is 3. The Balaban J connectivity index is 0.000000589. The minimum absolute atomic E-state index is 0.304. The maximum absolute atomic E-state index is 11.8. The number of amides is 2. The Morgan fingerprint density at radius 1 is 0.885 bits per heavy atom. The number of hydrogen-bond acceptors (Lipinski definition) is 9. The molecule has 0 aromatic heterocycles.